The van der Waals surface area contributed by atoms with Crippen LogP contribution in [0.2, 0.25) is 0 Å². The fourth-order valence-corrected chi connectivity index (χ4v) is 1.49. The number of carbonyl (C=O) groups excluding carboxylic acids is 1. The van der Waals surface area contributed by atoms with Crippen molar-refractivity contribution < 1.29 is 4.79 Å². The third kappa shape index (κ3) is 3.31. The molecule has 0 bridgehead atoms. The third-order valence-corrected chi connectivity index (χ3v) is 2.40. The van der Waals surface area contributed by atoms with Crippen LogP contribution in [0.3, 0.4) is 0 Å². The van der Waals surface area contributed by atoms with Crippen LogP contribution in [0.15, 0.2) is 35.8 Å². The largest absolute Gasteiger partial charge is 0.330 e. The highest BCUT2D eigenvalue weighted by Crippen LogP contribution is 2.16. The van der Waals surface area contributed by atoms with Crippen LogP contribution < -0.4 is 5.56 Å². The van der Waals surface area contributed by atoms with Crippen molar-refractivity contribution in [3.05, 3.63) is 46.9 Å². The van der Waals surface area contributed by atoms with Gasteiger partial charge >= 0.3 is 0 Å². The highest BCUT2D eigenvalue weighted by Gasteiger charge is 2.26. The van der Waals surface area contributed by atoms with Gasteiger partial charge in [0.1, 0.15) is 0 Å². The predicted octanol–water partition coefficient (Wildman–Crippen LogP) is 1.80. The van der Waals surface area contributed by atoms with Gasteiger partial charge in [-0.1, -0.05) is 6.08 Å². The number of H-pyrrole nitrogens is 1. The Hall–Kier alpha value is -1.84. The molecule has 4 nitrogen and oxygen atoms in total. The number of hydrogen-bond acceptors (Lipinski definition) is 2. The summed E-state index contributed by atoms with van der Waals surface area (Å²) in [6, 6.07) is 2.88. The Kier molecular flexibility index (Phi) is 3.89. The lowest BCUT2D eigenvalue weighted by Gasteiger charge is -2.34. The van der Waals surface area contributed by atoms with Gasteiger partial charge in [-0.25, -0.2) is 0 Å². The van der Waals surface area contributed by atoms with Gasteiger partial charge in [0.25, 0.3) is 5.91 Å². The SMILES string of the molecule is C=CCN(C(=O)c1ccc(=O)[nH]c1)C(C)(C)C. The number of aromatic amines is 1. The first-order valence-corrected chi connectivity index (χ1v) is 5.48. The molecule has 1 aromatic rings. The third-order valence-electron chi connectivity index (χ3n) is 2.40. The van der Waals surface area contributed by atoms with E-state index in [0.717, 1.165) is 0 Å². The van der Waals surface area contributed by atoms with Gasteiger partial charge in [0.2, 0.25) is 5.56 Å². The standard InChI is InChI=1S/C13H18N2O2/c1-5-8-15(13(2,3)4)12(17)10-6-7-11(16)14-9-10/h5-7,9H,1,8H2,2-4H3,(H,14,16). The van der Waals surface area contributed by atoms with Crippen LogP contribution in [0.25, 0.3) is 0 Å². The average molecular weight is 234 g/mol. The van der Waals surface area contributed by atoms with Crippen LogP contribution in [-0.2, 0) is 0 Å². The topological polar surface area (TPSA) is 53.2 Å². The molecule has 4 heteroatoms. The van der Waals surface area contributed by atoms with Crippen molar-refractivity contribution in [2.45, 2.75) is 26.3 Å². The minimum atomic E-state index is -0.290. The van der Waals surface area contributed by atoms with E-state index in [9.17, 15) is 9.59 Å². The van der Waals surface area contributed by atoms with Crippen molar-refractivity contribution in [3.63, 3.8) is 0 Å². The van der Waals surface area contributed by atoms with Gasteiger partial charge in [0.15, 0.2) is 0 Å². The Morgan fingerprint density at radius 3 is 2.53 bits per heavy atom. The second-order valence-corrected chi connectivity index (χ2v) is 4.82. The Bertz CT molecular complexity index is 449. The van der Waals surface area contributed by atoms with Crippen LogP contribution >= 0.6 is 0 Å². The molecule has 1 N–H and O–H groups in total. The molecule has 0 atom stereocenters. The lowest BCUT2D eigenvalue weighted by molar-refractivity contribution is 0.0616. The molecule has 0 aromatic carbocycles. The van der Waals surface area contributed by atoms with E-state index in [-0.39, 0.29) is 17.0 Å². The van der Waals surface area contributed by atoms with Gasteiger partial charge in [-0.2, -0.15) is 0 Å². The molecule has 1 aromatic heterocycles. The monoisotopic (exact) mass is 234 g/mol. The van der Waals surface area contributed by atoms with Gasteiger partial charge in [-0.15, -0.1) is 6.58 Å². The van der Waals surface area contributed by atoms with E-state index >= 15 is 0 Å². The summed E-state index contributed by atoms with van der Waals surface area (Å²) in [5, 5.41) is 0. The lowest BCUT2D eigenvalue weighted by Crippen LogP contribution is -2.45. The van der Waals surface area contributed by atoms with Crippen molar-refractivity contribution in [2.75, 3.05) is 6.54 Å². The molecule has 0 saturated heterocycles. The molecule has 0 aliphatic carbocycles. The summed E-state index contributed by atoms with van der Waals surface area (Å²) in [5.74, 6) is -0.117. The molecule has 1 amide bonds. The van der Waals surface area contributed by atoms with E-state index in [1.807, 2.05) is 20.8 Å². The summed E-state index contributed by atoms with van der Waals surface area (Å²) < 4.78 is 0. The predicted molar refractivity (Wildman–Crippen MR) is 68.0 cm³/mol. The zero-order valence-corrected chi connectivity index (χ0v) is 10.5. The molecule has 0 unspecified atom stereocenters. The molecule has 92 valence electrons. The van der Waals surface area contributed by atoms with Gasteiger partial charge in [-0.3, -0.25) is 9.59 Å². The van der Waals surface area contributed by atoms with Crippen LogP contribution in [0.1, 0.15) is 31.1 Å². The Balaban J connectivity index is 3.04. The summed E-state index contributed by atoms with van der Waals surface area (Å²) in [6.07, 6.45) is 3.13. The highest BCUT2D eigenvalue weighted by molar-refractivity contribution is 5.94. The van der Waals surface area contributed by atoms with Crippen molar-refractivity contribution in [1.29, 1.82) is 0 Å². The van der Waals surface area contributed by atoms with E-state index in [1.54, 1.807) is 11.0 Å². The van der Waals surface area contributed by atoms with Crippen LogP contribution in [0, 0.1) is 0 Å². The summed E-state index contributed by atoms with van der Waals surface area (Å²) in [5.41, 5.74) is -0.0320. The van der Waals surface area contributed by atoms with Crippen LogP contribution in [-0.4, -0.2) is 27.9 Å². The first kappa shape index (κ1) is 13.2. The Morgan fingerprint density at radius 1 is 1.47 bits per heavy atom. The average Bonchev–Trinajstić information content (AvgIpc) is 2.24. The van der Waals surface area contributed by atoms with Crippen LogP contribution in [0.4, 0.5) is 0 Å². The summed E-state index contributed by atoms with van der Waals surface area (Å²) in [4.78, 5) is 27.4. The normalized spacial score (nSPS) is 11.0. The maximum absolute atomic E-state index is 12.2. The van der Waals surface area contributed by atoms with E-state index < -0.39 is 0 Å². The van der Waals surface area contributed by atoms with Crippen molar-refractivity contribution in [2.24, 2.45) is 0 Å². The fraction of sp³-hybridized carbons (Fsp3) is 0.385. The quantitative estimate of drug-likeness (QED) is 0.811. The second-order valence-electron chi connectivity index (χ2n) is 4.82. The number of pyridine rings is 1. The van der Waals surface area contributed by atoms with Gasteiger partial charge in [-0.05, 0) is 26.8 Å². The Morgan fingerprint density at radius 2 is 2.12 bits per heavy atom. The first-order chi connectivity index (χ1) is 7.86. The molecule has 1 heterocycles. The number of nitrogens with zero attached hydrogens (tertiary/aromatic N) is 1. The van der Waals surface area contributed by atoms with Crippen LogP contribution in [0.5, 0.6) is 0 Å². The lowest BCUT2D eigenvalue weighted by atomic mass is 10.0. The number of hydrogen-bond donors (Lipinski definition) is 1. The number of amides is 1. The number of nitrogens with one attached hydrogen (secondary N) is 1. The van der Waals surface area contributed by atoms with Crippen molar-refractivity contribution in [3.8, 4) is 0 Å². The van der Waals surface area contributed by atoms with E-state index in [0.29, 0.717) is 12.1 Å². The van der Waals surface area contributed by atoms with Gasteiger partial charge < -0.3 is 9.88 Å². The van der Waals surface area contributed by atoms with Gasteiger partial charge in [0, 0.05) is 24.3 Å². The molecule has 0 radical (unpaired) electrons. The van der Waals surface area contributed by atoms with E-state index in [1.165, 1.54) is 18.3 Å². The minimum Gasteiger partial charge on any atom is -0.330 e. The van der Waals surface area contributed by atoms with Crippen molar-refractivity contribution >= 4 is 5.91 Å². The molecule has 1 rings (SSSR count). The zero-order valence-electron chi connectivity index (χ0n) is 10.5. The first-order valence-electron chi connectivity index (χ1n) is 5.48. The summed E-state index contributed by atoms with van der Waals surface area (Å²) >= 11 is 0. The summed E-state index contributed by atoms with van der Waals surface area (Å²) in [7, 11) is 0. The fourth-order valence-electron chi connectivity index (χ4n) is 1.49. The molecule has 0 spiro atoms. The molecule has 0 aliphatic rings. The second kappa shape index (κ2) is 4.99. The zero-order chi connectivity index (χ0) is 13.1. The summed E-state index contributed by atoms with van der Waals surface area (Å²) in [6.45, 7) is 10.0. The molecule has 0 fully saturated rings. The van der Waals surface area contributed by atoms with Crippen molar-refractivity contribution in [1.82, 2.24) is 9.88 Å². The van der Waals surface area contributed by atoms with E-state index in [2.05, 4.69) is 11.6 Å². The molecular formula is C13H18N2O2. The highest BCUT2D eigenvalue weighted by atomic mass is 16.2. The smallest absolute Gasteiger partial charge is 0.256 e. The minimum absolute atomic E-state index is 0.117. The number of aromatic nitrogens is 1. The maximum Gasteiger partial charge on any atom is 0.256 e. The number of carbonyl (C=O) groups is 1. The number of rotatable bonds is 3. The van der Waals surface area contributed by atoms with E-state index in [4.69, 9.17) is 0 Å². The molecule has 0 saturated carbocycles. The molecule has 0 aliphatic heterocycles. The molecule has 17 heavy (non-hydrogen) atoms. The molecular weight excluding hydrogens is 216 g/mol. The maximum atomic E-state index is 12.2. The Labute approximate surface area is 101 Å². The van der Waals surface area contributed by atoms with Gasteiger partial charge in [0.05, 0.1) is 5.56 Å².